The number of hydrogen-bond donors (Lipinski definition) is 5. The lowest BCUT2D eigenvalue weighted by Crippen LogP contribution is -2.47. The van der Waals surface area contributed by atoms with Gasteiger partial charge >= 0.3 is 18.3 Å². The Morgan fingerprint density at radius 1 is 0.467 bits per heavy atom. The maximum absolute atomic E-state index is 14.6. The monoisotopic (exact) mass is 1720 g/mol. The molecule has 4 atom stereocenters. The van der Waals surface area contributed by atoms with Gasteiger partial charge in [-0.3, -0.25) is 19.2 Å². The fourth-order valence-electron chi connectivity index (χ4n) is 14.9. The summed E-state index contributed by atoms with van der Waals surface area (Å²) in [6, 6.07) is 8.44. The number of carbonyl (C=O) groups is 5. The Kier molecular flexibility index (Phi) is 26.1. The number of likely N-dealkylation sites (N-methyl/N-ethyl adjacent to an activating group) is 4. The van der Waals surface area contributed by atoms with Crippen LogP contribution in [0.4, 0.5) is 54.0 Å². The van der Waals surface area contributed by atoms with Gasteiger partial charge in [-0.15, -0.1) is 0 Å². The van der Waals surface area contributed by atoms with E-state index < -0.39 is 67.2 Å². The molecule has 0 spiro atoms. The number of fused-ring (bicyclic) bond motifs is 4. The molecule has 12 aromatic heterocycles. The van der Waals surface area contributed by atoms with Crippen molar-refractivity contribution >= 4 is 132 Å². The molecule has 31 nitrogen and oxygen atoms in total. The number of H-pyrrole nitrogens is 4. The lowest BCUT2D eigenvalue weighted by molar-refractivity contribution is -0.159. The van der Waals surface area contributed by atoms with Crippen molar-refractivity contribution in [3.05, 3.63) is 137 Å². The third kappa shape index (κ3) is 18.9. The van der Waals surface area contributed by atoms with Crippen molar-refractivity contribution in [1.82, 2.24) is 99.3 Å². The first-order valence-corrected chi connectivity index (χ1v) is 39.5. The Hall–Kier alpha value is -12.2. The largest absolute Gasteiger partial charge is 0.503 e. The summed E-state index contributed by atoms with van der Waals surface area (Å²) in [5, 5.41) is 14.9. The zero-order valence-electron chi connectivity index (χ0n) is 65.8. The summed E-state index contributed by atoms with van der Waals surface area (Å²) in [7, 11) is 5.82. The standard InChI is InChI=1S/C22H22ClF3N6O3.C19H20ClFN6O.C19H21ClN6O.C19H19F3N6O2/c1-3-35-21(34)15-10-29-18(14-9-28-17-13(14)7-12(23)8-27-17)30-19(15)32-6-4-5-16(32)20(33)31(2)11-22(24,25)26;1-3-26(2)19(28)15-5-4-6-27(15)18-14(21)10-24-17(25-18)13-9-23-16-12(13)7-11(20)8-22-16;1-3-25(2)19(27)15-5-4-8-26(15)16-6-7-21-18(24-16)14-11-23-17-13(14)9-12(20)10-22-17;1-27(10-19(20,21)22)18(30)13-5-3-7-28(13)17-14(29)9-25-16(26-17)12-8-24-15-11(12)4-2-6-23-15/h7-10,16H,3-6,11H2,1-2H3,(H,27,28);7-10,15H,3-6H2,1-2H3,(H,22,23);6-7,9-11,15H,3-5,8H2,1-2H3,(H,22,23);2,4,6,8-9,13,29H,3,5,7,10H2,1H3,(H,23,24)/t16-;2*15-;13-/m1111/s1. The molecule has 0 aliphatic carbocycles. The number of hydrogen-bond acceptors (Lipinski definition) is 23. The number of halogens is 10. The number of pyridine rings is 4. The maximum Gasteiger partial charge on any atom is 0.406 e. The highest BCUT2D eigenvalue weighted by molar-refractivity contribution is 6.32. The fourth-order valence-corrected chi connectivity index (χ4v) is 15.4. The molecule has 4 fully saturated rings. The molecule has 12 aromatic rings. The molecule has 4 aliphatic heterocycles. The van der Waals surface area contributed by atoms with Crippen molar-refractivity contribution < 1.29 is 64.5 Å². The number of amides is 4. The molecule has 4 aliphatic rings. The predicted molar refractivity (Wildman–Crippen MR) is 437 cm³/mol. The number of carbonyl (C=O) groups excluding carboxylic acids is 5. The highest BCUT2D eigenvalue weighted by atomic mass is 35.5. The van der Waals surface area contributed by atoms with Gasteiger partial charge in [-0.25, -0.2) is 69.0 Å². The van der Waals surface area contributed by atoms with E-state index in [0.29, 0.717) is 146 Å². The van der Waals surface area contributed by atoms with Gasteiger partial charge in [0.15, 0.2) is 46.5 Å². The lowest BCUT2D eigenvalue weighted by Gasteiger charge is -2.30. The average Bonchev–Trinajstić information content (AvgIpc) is 1.63. The number of ether oxygens (including phenoxy) is 1. The summed E-state index contributed by atoms with van der Waals surface area (Å²) in [6.45, 7) is 6.31. The number of rotatable bonds is 18. The highest BCUT2D eigenvalue weighted by Gasteiger charge is 2.43. The minimum Gasteiger partial charge on any atom is -0.503 e. The van der Waals surface area contributed by atoms with E-state index in [4.69, 9.17) is 44.5 Å². The first-order valence-electron chi connectivity index (χ1n) is 38.4. The van der Waals surface area contributed by atoms with E-state index >= 15 is 0 Å². The molecule has 5 N–H and O–H groups in total. The molecule has 16 heterocycles. The topological polar surface area (TPSA) is 359 Å². The Bertz CT molecular complexity index is 5760. The minimum absolute atomic E-state index is 0.0183. The molecule has 16 rings (SSSR count). The Balaban J connectivity index is 0.000000139. The van der Waals surface area contributed by atoms with Gasteiger partial charge in [0.05, 0.1) is 34.1 Å². The molecule has 41 heteroatoms. The van der Waals surface area contributed by atoms with Crippen LogP contribution in [0.15, 0.2) is 111 Å². The molecule has 0 bridgehead atoms. The number of anilines is 4. The second kappa shape index (κ2) is 36.6. The van der Waals surface area contributed by atoms with Gasteiger partial charge < -0.3 is 69.0 Å². The first kappa shape index (κ1) is 85.7. The van der Waals surface area contributed by atoms with Crippen LogP contribution in [0.2, 0.25) is 15.1 Å². The summed E-state index contributed by atoms with van der Waals surface area (Å²) in [6.07, 6.45) is 14.7. The van der Waals surface area contributed by atoms with Crippen LogP contribution in [0.25, 0.3) is 89.7 Å². The molecule has 4 saturated heterocycles. The number of aromatic amines is 4. The number of nitrogens with zero attached hydrogens (tertiary/aromatic N) is 20. The molecule has 0 saturated carbocycles. The number of esters is 1. The second-order valence-electron chi connectivity index (χ2n) is 28.7. The van der Waals surface area contributed by atoms with Crippen molar-refractivity contribution in [2.75, 3.05) is 107 Å². The minimum atomic E-state index is -4.53. The SMILES string of the molecule is CCN(C)C(=O)[C@H]1CCCN1c1ccnc(-c2c[nH]c3ncc(Cl)cc23)n1.CCN(C)C(=O)[C@H]1CCCN1c1nc(-c2c[nH]c3ncc(Cl)cc23)ncc1F.CCOC(=O)c1cnc(-c2c[nH]c3ncc(Cl)cc23)nc1N1CCC[C@@H]1C(=O)N(C)CC(F)(F)F.CN(CC(F)(F)F)C(=O)[C@H]1CCCN1c1nc(-c2c[nH]c3ncccc23)ncc1O. The van der Waals surface area contributed by atoms with Crippen LogP contribution in [0.3, 0.4) is 0 Å². The van der Waals surface area contributed by atoms with Crippen LogP contribution < -0.4 is 19.6 Å². The number of nitrogens with one attached hydrogen (secondary N) is 4. The van der Waals surface area contributed by atoms with Crippen LogP contribution >= 0.6 is 34.8 Å². The van der Waals surface area contributed by atoms with E-state index in [-0.39, 0.29) is 59.1 Å². The third-order valence-corrected chi connectivity index (χ3v) is 21.5. The first-order chi connectivity index (χ1) is 57.4. The number of alkyl halides is 6. The normalized spacial score (nSPS) is 16.6. The van der Waals surface area contributed by atoms with Gasteiger partial charge in [0.1, 0.15) is 77.0 Å². The van der Waals surface area contributed by atoms with Crippen molar-refractivity contribution in [1.29, 1.82) is 0 Å². The summed E-state index contributed by atoms with van der Waals surface area (Å²) in [5.41, 5.74) is 5.34. The smallest absolute Gasteiger partial charge is 0.406 e. The summed E-state index contributed by atoms with van der Waals surface area (Å²) in [5.74, 6) is -0.109. The molecule has 4 amide bonds. The van der Waals surface area contributed by atoms with Crippen molar-refractivity contribution in [3.8, 4) is 51.3 Å². The number of aromatic nitrogens is 16. The van der Waals surface area contributed by atoms with E-state index in [2.05, 4.69) is 79.7 Å². The quantitative estimate of drug-likeness (QED) is 0.0393. The van der Waals surface area contributed by atoms with Gasteiger partial charge in [-0.1, -0.05) is 34.8 Å². The van der Waals surface area contributed by atoms with Crippen molar-refractivity contribution in [2.24, 2.45) is 0 Å². The van der Waals surface area contributed by atoms with E-state index in [1.54, 1.807) is 100 Å². The zero-order chi connectivity index (χ0) is 85.6. The highest BCUT2D eigenvalue weighted by Crippen LogP contribution is 2.39. The van der Waals surface area contributed by atoms with E-state index in [1.807, 2.05) is 45.3 Å². The maximum atomic E-state index is 14.6. The van der Waals surface area contributed by atoms with E-state index in [1.165, 1.54) is 18.6 Å². The van der Waals surface area contributed by atoms with Crippen LogP contribution in [0.5, 0.6) is 5.75 Å². The lowest BCUT2D eigenvalue weighted by atomic mass is 10.1. The molecular formula is C79H82Cl3F7N24O7. The van der Waals surface area contributed by atoms with E-state index in [0.717, 1.165) is 79.3 Å². The van der Waals surface area contributed by atoms with Crippen molar-refractivity contribution in [2.45, 2.75) is 109 Å². The van der Waals surface area contributed by atoms with Crippen LogP contribution in [0.1, 0.15) is 82.5 Å². The molecule has 120 heavy (non-hydrogen) atoms. The van der Waals surface area contributed by atoms with Gasteiger partial charge in [0.2, 0.25) is 23.6 Å². The van der Waals surface area contributed by atoms with Crippen LogP contribution in [-0.4, -0.2) is 258 Å². The zero-order valence-corrected chi connectivity index (χ0v) is 68.1. The van der Waals surface area contributed by atoms with Gasteiger partial charge in [0.25, 0.3) is 0 Å². The van der Waals surface area contributed by atoms with Gasteiger partial charge in [-0.2, -0.15) is 26.3 Å². The fraction of sp³-hybridized carbons (Fsp3) is 0.380. The molecule has 0 aromatic carbocycles. The number of aromatic hydroxyl groups is 1. The Morgan fingerprint density at radius 2 is 0.850 bits per heavy atom. The van der Waals surface area contributed by atoms with Crippen molar-refractivity contribution in [3.63, 3.8) is 0 Å². The Labute approximate surface area is 696 Å². The van der Waals surface area contributed by atoms with Crippen LogP contribution in [-0.2, 0) is 23.9 Å². The summed E-state index contributed by atoms with van der Waals surface area (Å²) < 4.78 is 96.5. The van der Waals surface area contributed by atoms with Crippen LogP contribution in [0, 0.1) is 5.82 Å². The molecular weight excluding hydrogens is 1640 g/mol. The van der Waals surface area contributed by atoms with Gasteiger partial charge in [-0.05, 0) is 109 Å². The average molecular weight is 1720 g/mol. The second-order valence-corrected chi connectivity index (χ2v) is 30.1. The van der Waals surface area contributed by atoms with E-state index in [9.17, 15) is 59.8 Å². The molecule has 0 unspecified atom stereocenters. The van der Waals surface area contributed by atoms with Gasteiger partial charge in [0, 0.05) is 173 Å². The Morgan fingerprint density at radius 3 is 1.31 bits per heavy atom. The molecule has 630 valence electrons. The summed E-state index contributed by atoms with van der Waals surface area (Å²) >= 11 is 18.3. The predicted octanol–water partition coefficient (Wildman–Crippen LogP) is 12.9. The summed E-state index contributed by atoms with van der Waals surface area (Å²) in [4.78, 5) is 140. The third-order valence-electron chi connectivity index (χ3n) is 20.8. The molecule has 0 radical (unpaired) electrons.